The Morgan fingerprint density at radius 3 is 2.36 bits per heavy atom. The molecule has 39 heavy (non-hydrogen) atoms. The molecule has 0 spiro atoms. The highest BCUT2D eigenvalue weighted by molar-refractivity contribution is 6.31. The molecule has 0 aromatic heterocycles. The van der Waals surface area contributed by atoms with Gasteiger partial charge in [0.05, 0.1) is 12.3 Å². The van der Waals surface area contributed by atoms with Crippen LogP contribution in [0.2, 0.25) is 5.02 Å². The Labute approximate surface area is 234 Å². The van der Waals surface area contributed by atoms with Crippen LogP contribution in [0.15, 0.2) is 72.8 Å². The van der Waals surface area contributed by atoms with Gasteiger partial charge in [-0.05, 0) is 91.1 Å². The van der Waals surface area contributed by atoms with Gasteiger partial charge < -0.3 is 15.7 Å². The minimum Gasteiger partial charge on any atom is -0.481 e. The number of carboxylic acids is 1. The summed E-state index contributed by atoms with van der Waals surface area (Å²) in [5, 5.41) is 15.0. The van der Waals surface area contributed by atoms with Crippen molar-refractivity contribution < 1.29 is 19.5 Å². The van der Waals surface area contributed by atoms with E-state index in [0.29, 0.717) is 22.7 Å². The molecule has 0 radical (unpaired) electrons. The van der Waals surface area contributed by atoms with Gasteiger partial charge in [-0.15, -0.1) is 0 Å². The molecule has 0 fully saturated rings. The van der Waals surface area contributed by atoms with Crippen LogP contribution in [-0.2, 0) is 16.0 Å². The average Bonchev–Trinajstić information content (AvgIpc) is 2.94. The molecule has 3 aromatic carbocycles. The Kier molecular flexibility index (Phi) is 9.55. The molecular formula is C32H33ClN2O4. The predicted octanol–water partition coefficient (Wildman–Crippen LogP) is 6.78. The summed E-state index contributed by atoms with van der Waals surface area (Å²) in [4.78, 5) is 36.6. The Hall–Kier alpha value is -3.90. The summed E-state index contributed by atoms with van der Waals surface area (Å²) in [5.41, 5.74) is 6.37. The van der Waals surface area contributed by atoms with Crippen LogP contribution in [0.1, 0.15) is 70.6 Å². The standard InChI is InChI=1S/C32H33ClN2O4/c1-21-7-16-27(20-29(21)33)35-32(39)28(25-14-12-24(13-15-25)23-5-3-2-4-6-23)19-22-8-10-26(11-9-22)31(38)34-18-17-30(36)37/h5,7-16,20,28H,2-4,6,17-19H2,1H3,(H,34,38)(H,35,39)(H,36,37). The van der Waals surface area contributed by atoms with Crippen molar-refractivity contribution in [1.29, 1.82) is 0 Å². The first-order valence-electron chi connectivity index (χ1n) is 13.3. The van der Waals surface area contributed by atoms with Crippen LogP contribution in [0, 0.1) is 6.92 Å². The van der Waals surface area contributed by atoms with E-state index in [1.807, 2.05) is 43.3 Å². The van der Waals surface area contributed by atoms with E-state index in [0.717, 1.165) is 29.5 Å². The fourth-order valence-corrected chi connectivity index (χ4v) is 4.89. The zero-order valence-corrected chi connectivity index (χ0v) is 22.8. The number of aliphatic carboxylic acids is 1. The van der Waals surface area contributed by atoms with Crippen molar-refractivity contribution in [3.8, 4) is 0 Å². The number of nitrogens with one attached hydrogen (secondary N) is 2. The molecule has 202 valence electrons. The number of carboxylic acid groups (broad SMARTS) is 1. The molecule has 0 bridgehead atoms. The van der Waals surface area contributed by atoms with Crippen LogP contribution in [0.4, 0.5) is 5.69 Å². The summed E-state index contributed by atoms with van der Waals surface area (Å²) < 4.78 is 0. The molecule has 7 heteroatoms. The predicted molar refractivity (Wildman–Crippen MR) is 155 cm³/mol. The van der Waals surface area contributed by atoms with Gasteiger partial charge in [0.2, 0.25) is 5.91 Å². The van der Waals surface area contributed by atoms with Gasteiger partial charge in [0.25, 0.3) is 5.91 Å². The fourth-order valence-electron chi connectivity index (χ4n) is 4.70. The minimum atomic E-state index is -0.966. The number of aryl methyl sites for hydroxylation is 1. The highest BCUT2D eigenvalue weighted by Gasteiger charge is 2.22. The molecule has 0 saturated carbocycles. The molecule has 6 nitrogen and oxygen atoms in total. The quantitative estimate of drug-likeness (QED) is 0.262. The Morgan fingerprint density at radius 1 is 0.974 bits per heavy atom. The van der Waals surface area contributed by atoms with Crippen molar-refractivity contribution in [2.24, 2.45) is 0 Å². The first-order valence-corrected chi connectivity index (χ1v) is 13.6. The molecule has 0 saturated heterocycles. The van der Waals surface area contributed by atoms with Crippen molar-refractivity contribution in [1.82, 2.24) is 5.32 Å². The molecule has 1 atom stereocenters. The number of benzene rings is 3. The van der Waals surface area contributed by atoms with Gasteiger partial charge in [-0.1, -0.05) is 60.1 Å². The number of amides is 2. The van der Waals surface area contributed by atoms with E-state index in [2.05, 4.69) is 28.8 Å². The highest BCUT2D eigenvalue weighted by atomic mass is 35.5. The molecular weight excluding hydrogens is 512 g/mol. The maximum atomic E-state index is 13.6. The number of hydrogen-bond donors (Lipinski definition) is 3. The molecule has 3 aromatic rings. The monoisotopic (exact) mass is 544 g/mol. The third-order valence-corrected chi connectivity index (χ3v) is 7.42. The lowest BCUT2D eigenvalue weighted by molar-refractivity contribution is -0.136. The summed E-state index contributed by atoms with van der Waals surface area (Å²) in [7, 11) is 0. The third-order valence-electron chi connectivity index (χ3n) is 7.01. The lowest BCUT2D eigenvalue weighted by Gasteiger charge is -2.19. The van der Waals surface area contributed by atoms with Crippen LogP contribution in [0.25, 0.3) is 5.57 Å². The largest absolute Gasteiger partial charge is 0.481 e. The molecule has 0 heterocycles. The lowest BCUT2D eigenvalue weighted by atomic mass is 9.88. The number of anilines is 1. The molecule has 4 rings (SSSR count). The molecule has 3 N–H and O–H groups in total. The number of hydrogen-bond acceptors (Lipinski definition) is 3. The second-order valence-corrected chi connectivity index (χ2v) is 10.3. The summed E-state index contributed by atoms with van der Waals surface area (Å²) in [5.74, 6) is -1.91. The Balaban J connectivity index is 1.54. The van der Waals surface area contributed by atoms with Gasteiger partial charge in [0, 0.05) is 22.8 Å². The summed E-state index contributed by atoms with van der Waals surface area (Å²) in [6.45, 7) is 1.98. The summed E-state index contributed by atoms with van der Waals surface area (Å²) in [6.07, 6.45) is 7.23. The van der Waals surface area contributed by atoms with Crippen molar-refractivity contribution in [2.45, 2.75) is 51.4 Å². The van der Waals surface area contributed by atoms with Gasteiger partial charge in [0.15, 0.2) is 0 Å². The zero-order chi connectivity index (χ0) is 27.8. The van der Waals surface area contributed by atoms with E-state index in [1.54, 1.807) is 18.2 Å². The van der Waals surface area contributed by atoms with Crippen molar-refractivity contribution in [2.75, 3.05) is 11.9 Å². The Morgan fingerprint density at radius 2 is 1.72 bits per heavy atom. The summed E-state index contributed by atoms with van der Waals surface area (Å²) >= 11 is 6.28. The van der Waals surface area contributed by atoms with E-state index < -0.39 is 11.9 Å². The highest BCUT2D eigenvalue weighted by Crippen LogP contribution is 2.30. The Bertz CT molecular complexity index is 1360. The SMILES string of the molecule is Cc1ccc(NC(=O)C(Cc2ccc(C(=O)NCCC(=O)O)cc2)c2ccc(C3=CCCCC3)cc2)cc1Cl. The zero-order valence-electron chi connectivity index (χ0n) is 22.0. The number of halogens is 1. The second-order valence-electron chi connectivity index (χ2n) is 9.90. The number of carbonyl (C=O) groups is 3. The minimum absolute atomic E-state index is 0.0636. The third kappa shape index (κ3) is 7.80. The molecule has 1 unspecified atom stereocenters. The van der Waals surface area contributed by atoms with E-state index >= 15 is 0 Å². The first kappa shape index (κ1) is 28.1. The smallest absolute Gasteiger partial charge is 0.305 e. The number of allylic oxidation sites excluding steroid dienone is 2. The van der Waals surface area contributed by atoms with Crippen molar-refractivity contribution in [3.63, 3.8) is 0 Å². The topological polar surface area (TPSA) is 95.5 Å². The van der Waals surface area contributed by atoms with Crippen LogP contribution in [0.3, 0.4) is 0 Å². The van der Waals surface area contributed by atoms with Crippen molar-refractivity contribution in [3.05, 3.63) is 106 Å². The lowest BCUT2D eigenvalue weighted by Crippen LogP contribution is -2.26. The van der Waals surface area contributed by atoms with Gasteiger partial charge in [-0.25, -0.2) is 0 Å². The fraction of sp³-hybridized carbons (Fsp3) is 0.281. The van der Waals surface area contributed by atoms with Gasteiger partial charge in [-0.3, -0.25) is 14.4 Å². The molecule has 1 aliphatic rings. The van der Waals surface area contributed by atoms with E-state index in [1.165, 1.54) is 24.0 Å². The number of rotatable bonds is 10. The van der Waals surface area contributed by atoms with Crippen molar-refractivity contribution >= 4 is 40.6 Å². The maximum absolute atomic E-state index is 13.6. The van der Waals surface area contributed by atoms with E-state index in [-0.39, 0.29) is 24.8 Å². The second kappa shape index (κ2) is 13.3. The van der Waals surface area contributed by atoms with E-state index in [9.17, 15) is 14.4 Å². The van der Waals surface area contributed by atoms with Crippen LogP contribution < -0.4 is 10.6 Å². The molecule has 2 amide bonds. The average molecular weight is 545 g/mol. The molecule has 0 aliphatic heterocycles. The summed E-state index contributed by atoms with van der Waals surface area (Å²) in [6, 6.07) is 20.8. The normalized spacial score (nSPS) is 13.7. The number of carbonyl (C=O) groups excluding carboxylic acids is 2. The molecule has 1 aliphatic carbocycles. The first-order chi connectivity index (χ1) is 18.8. The van der Waals surface area contributed by atoms with Crippen LogP contribution in [0.5, 0.6) is 0 Å². The maximum Gasteiger partial charge on any atom is 0.305 e. The van der Waals surface area contributed by atoms with Crippen LogP contribution in [-0.4, -0.2) is 29.4 Å². The van der Waals surface area contributed by atoms with Crippen LogP contribution >= 0.6 is 11.6 Å². The van der Waals surface area contributed by atoms with E-state index in [4.69, 9.17) is 16.7 Å². The van der Waals surface area contributed by atoms with Gasteiger partial charge in [-0.2, -0.15) is 0 Å². The van der Waals surface area contributed by atoms with Gasteiger partial charge >= 0.3 is 5.97 Å². The van der Waals surface area contributed by atoms with Gasteiger partial charge in [0.1, 0.15) is 0 Å².